The molecule has 0 aliphatic heterocycles. The SMILES string of the molecule is CCCCCCCCCCCC(=O)OCCOCCOCCOCCN. The normalized spacial score (nSPS) is 11.0. The molecule has 26 heavy (non-hydrogen) atoms. The molecule has 0 aliphatic carbocycles. The Morgan fingerprint density at radius 1 is 0.654 bits per heavy atom. The van der Waals surface area contributed by atoms with E-state index in [-0.39, 0.29) is 5.97 Å². The van der Waals surface area contributed by atoms with Crippen molar-refractivity contribution in [2.24, 2.45) is 5.73 Å². The van der Waals surface area contributed by atoms with E-state index in [0.717, 1.165) is 12.8 Å². The fourth-order valence-electron chi connectivity index (χ4n) is 2.49. The molecule has 0 rings (SSSR count). The van der Waals surface area contributed by atoms with Gasteiger partial charge in [0.15, 0.2) is 0 Å². The number of rotatable bonds is 21. The lowest BCUT2D eigenvalue weighted by atomic mass is 10.1. The number of unbranched alkanes of at least 4 members (excludes halogenated alkanes) is 8. The van der Waals surface area contributed by atoms with Gasteiger partial charge in [0.2, 0.25) is 0 Å². The molecule has 6 heteroatoms. The van der Waals surface area contributed by atoms with Crippen molar-refractivity contribution < 1.29 is 23.7 Å². The lowest BCUT2D eigenvalue weighted by molar-refractivity contribution is -0.145. The largest absolute Gasteiger partial charge is 0.463 e. The highest BCUT2D eigenvalue weighted by atomic mass is 16.6. The van der Waals surface area contributed by atoms with E-state index >= 15 is 0 Å². The Labute approximate surface area is 160 Å². The Bertz CT molecular complexity index is 289. The molecule has 0 spiro atoms. The van der Waals surface area contributed by atoms with Crippen molar-refractivity contribution in [2.75, 3.05) is 52.8 Å². The van der Waals surface area contributed by atoms with Crippen LogP contribution in [0.15, 0.2) is 0 Å². The highest BCUT2D eigenvalue weighted by molar-refractivity contribution is 5.69. The van der Waals surface area contributed by atoms with E-state index in [4.69, 9.17) is 24.7 Å². The summed E-state index contributed by atoms with van der Waals surface area (Å²) >= 11 is 0. The summed E-state index contributed by atoms with van der Waals surface area (Å²) in [5, 5.41) is 0. The molecule has 0 fully saturated rings. The fraction of sp³-hybridized carbons (Fsp3) is 0.950. The Morgan fingerprint density at radius 2 is 1.12 bits per heavy atom. The van der Waals surface area contributed by atoms with Crippen molar-refractivity contribution in [2.45, 2.75) is 71.1 Å². The fourth-order valence-corrected chi connectivity index (χ4v) is 2.49. The minimum atomic E-state index is -0.121. The van der Waals surface area contributed by atoms with E-state index in [1.807, 2.05) is 0 Å². The van der Waals surface area contributed by atoms with Crippen molar-refractivity contribution in [1.29, 1.82) is 0 Å². The van der Waals surface area contributed by atoms with E-state index in [0.29, 0.717) is 59.2 Å². The zero-order valence-corrected chi connectivity index (χ0v) is 16.8. The maximum absolute atomic E-state index is 11.6. The van der Waals surface area contributed by atoms with E-state index in [1.54, 1.807) is 0 Å². The van der Waals surface area contributed by atoms with Crippen LogP contribution in [0.4, 0.5) is 0 Å². The highest BCUT2D eigenvalue weighted by Gasteiger charge is 2.02. The maximum Gasteiger partial charge on any atom is 0.305 e. The van der Waals surface area contributed by atoms with Crippen molar-refractivity contribution in [3.05, 3.63) is 0 Å². The molecule has 0 aromatic heterocycles. The van der Waals surface area contributed by atoms with Crippen molar-refractivity contribution in [3.8, 4) is 0 Å². The van der Waals surface area contributed by atoms with Gasteiger partial charge < -0.3 is 24.7 Å². The second-order valence-corrected chi connectivity index (χ2v) is 6.42. The van der Waals surface area contributed by atoms with Crippen LogP contribution in [-0.2, 0) is 23.7 Å². The van der Waals surface area contributed by atoms with Crippen LogP contribution < -0.4 is 5.73 Å². The zero-order valence-electron chi connectivity index (χ0n) is 16.8. The molecule has 0 saturated heterocycles. The monoisotopic (exact) mass is 375 g/mol. The van der Waals surface area contributed by atoms with Crippen LogP contribution in [-0.4, -0.2) is 58.8 Å². The van der Waals surface area contributed by atoms with Crippen LogP contribution in [0.3, 0.4) is 0 Å². The van der Waals surface area contributed by atoms with Crippen molar-refractivity contribution >= 4 is 5.97 Å². The molecule has 0 aromatic rings. The minimum Gasteiger partial charge on any atom is -0.463 e. The molecule has 0 saturated carbocycles. The third-order valence-electron chi connectivity index (χ3n) is 3.98. The predicted octanol–water partition coefficient (Wildman–Crippen LogP) is 3.46. The number of ether oxygens (including phenoxy) is 4. The summed E-state index contributed by atoms with van der Waals surface area (Å²) in [4.78, 5) is 11.6. The molecule has 0 aromatic carbocycles. The summed E-state index contributed by atoms with van der Waals surface area (Å²) in [5.41, 5.74) is 5.30. The standard InChI is InChI=1S/C20H41NO5/c1-2-3-4-5-6-7-8-9-10-11-20(22)26-19-18-25-17-16-24-15-14-23-13-12-21/h2-19,21H2,1H3. The number of carbonyl (C=O) groups is 1. The van der Waals surface area contributed by atoms with Crippen LogP contribution in [0.5, 0.6) is 0 Å². The first-order valence-corrected chi connectivity index (χ1v) is 10.4. The number of carbonyl (C=O) groups excluding carboxylic acids is 1. The quantitative estimate of drug-likeness (QED) is 0.244. The summed E-state index contributed by atoms with van der Waals surface area (Å²) in [7, 11) is 0. The summed E-state index contributed by atoms with van der Waals surface area (Å²) in [6.07, 6.45) is 11.8. The first-order chi connectivity index (χ1) is 12.8. The molecule has 6 nitrogen and oxygen atoms in total. The Balaban J connectivity index is 3.13. The van der Waals surface area contributed by atoms with Gasteiger partial charge in [-0.15, -0.1) is 0 Å². The summed E-state index contributed by atoms with van der Waals surface area (Å²) in [6.45, 7) is 6.15. The van der Waals surface area contributed by atoms with Gasteiger partial charge in [-0.25, -0.2) is 0 Å². The topological polar surface area (TPSA) is 80.0 Å². The Hall–Kier alpha value is -0.690. The molecule has 2 N–H and O–H groups in total. The Kier molecular flexibility index (Phi) is 21.8. The van der Waals surface area contributed by atoms with Gasteiger partial charge in [-0.1, -0.05) is 58.3 Å². The van der Waals surface area contributed by atoms with Crippen LogP contribution in [0, 0.1) is 0 Å². The molecule has 0 atom stereocenters. The summed E-state index contributed by atoms with van der Waals surface area (Å²) in [6, 6.07) is 0. The summed E-state index contributed by atoms with van der Waals surface area (Å²) in [5.74, 6) is -0.121. The van der Waals surface area contributed by atoms with Gasteiger partial charge >= 0.3 is 5.97 Å². The molecule has 0 bridgehead atoms. The number of hydrogen-bond acceptors (Lipinski definition) is 6. The van der Waals surface area contributed by atoms with E-state index in [9.17, 15) is 4.79 Å². The van der Waals surface area contributed by atoms with Gasteiger partial charge in [-0.05, 0) is 6.42 Å². The van der Waals surface area contributed by atoms with Crippen molar-refractivity contribution in [1.82, 2.24) is 0 Å². The summed E-state index contributed by atoms with van der Waals surface area (Å²) < 4.78 is 21.0. The molecular weight excluding hydrogens is 334 g/mol. The van der Waals surface area contributed by atoms with Crippen LogP contribution in [0.1, 0.15) is 71.1 Å². The van der Waals surface area contributed by atoms with Crippen LogP contribution >= 0.6 is 0 Å². The molecule has 0 heterocycles. The third kappa shape index (κ3) is 21.4. The van der Waals surface area contributed by atoms with E-state index < -0.39 is 0 Å². The number of nitrogens with two attached hydrogens (primary N) is 1. The number of esters is 1. The number of hydrogen-bond donors (Lipinski definition) is 1. The van der Waals surface area contributed by atoms with Crippen molar-refractivity contribution in [3.63, 3.8) is 0 Å². The first kappa shape index (κ1) is 25.3. The first-order valence-electron chi connectivity index (χ1n) is 10.4. The predicted molar refractivity (Wildman–Crippen MR) is 104 cm³/mol. The molecular formula is C20H41NO5. The zero-order chi connectivity index (χ0) is 19.1. The average molecular weight is 376 g/mol. The van der Waals surface area contributed by atoms with E-state index in [2.05, 4.69) is 6.92 Å². The van der Waals surface area contributed by atoms with Crippen LogP contribution in [0.2, 0.25) is 0 Å². The van der Waals surface area contributed by atoms with Gasteiger partial charge in [-0.3, -0.25) is 4.79 Å². The van der Waals surface area contributed by atoms with Gasteiger partial charge in [0.05, 0.1) is 39.6 Å². The molecule has 0 unspecified atom stereocenters. The lowest BCUT2D eigenvalue weighted by Gasteiger charge is -2.07. The van der Waals surface area contributed by atoms with Gasteiger partial charge in [0.1, 0.15) is 6.61 Å². The van der Waals surface area contributed by atoms with Gasteiger partial charge in [0, 0.05) is 13.0 Å². The lowest BCUT2D eigenvalue weighted by Crippen LogP contribution is -2.15. The maximum atomic E-state index is 11.6. The molecule has 156 valence electrons. The average Bonchev–Trinajstić information content (AvgIpc) is 2.64. The van der Waals surface area contributed by atoms with E-state index in [1.165, 1.54) is 44.9 Å². The minimum absolute atomic E-state index is 0.121. The van der Waals surface area contributed by atoms with Crippen LogP contribution in [0.25, 0.3) is 0 Å². The molecule has 0 radical (unpaired) electrons. The molecule has 0 amide bonds. The van der Waals surface area contributed by atoms with Gasteiger partial charge in [0.25, 0.3) is 0 Å². The second kappa shape index (κ2) is 22.4. The third-order valence-corrected chi connectivity index (χ3v) is 3.98. The second-order valence-electron chi connectivity index (χ2n) is 6.42. The molecule has 0 aliphatic rings. The van der Waals surface area contributed by atoms with Gasteiger partial charge in [-0.2, -0.15) is 0 Å². The Morgan fingerprint density at radius 3 is 1.65 bits per heavy atom. The smallest absolute Gasteiger partial charge is 0.305 e. The highest BCUT2D eigenvalue weighted by Crippen LogP contribution is 2.10.